The van der Waals surface area contributed by atoms with Crippen LogP contribution in [-0.4, -0.2) is 5.78 Å². The van der Waals surface area contributed by atoms with Crippen LogP contribution in [0.4, 0.5) is 0 Å². The zero-order chi connectivity index (χ0) is 12.7. The van der Waals surface area contributed by atoms with Gasteiger partial charge in [0.05, 0.1) is 0 Å². The van der Waals surface area contributed by atoms with Crippen molar-refractivity contribution >= 4 is 5.78 Å². The van der Waals surface area contributed by atoms with Crippen LogP contribution in [0, 0.1) is 17.8 Å². The van der Waals surface area contributed by atoms with E-state index < -0.39 is 0 Å². The Labute approximate surface area is 107 Å². The van der Waals surface area contributed by atoms with E-state index in [4.69, 9.17) is 0 Å². The summed E-state index contributed by atoms with van der Waals surface area (Å²) in [5.41, 5.74) is 0. The van der Waals surface area contributed by atoms with Gasteiger partial charge in [0, 0.05) is 12.3 Å². The molecule has 0 amide bonds. The van der Waals surface area contributed by atoms with Crippen molar-refractivity contribution in [3.8, 4) is 0 Å². The summed E-state index contributed by atoms with van der Waals surface area (Å²) in [7, 11) is 0. The Bertz CT molecular complexity index is 254. The monoisotopic (exact) mass is 236 g/mol. The lowest BCUT2D eigenvalue weighted by Crippen LogP contribution is -2.22. The number of allylic oxidation sites excluding steroid dienone is 2. The van der Waals surface area contributed by atoms with Gasteiger partial charge in [-0.1, -0.05) is 58.6 Å². The second-order valence-electron chi connectivity index (χ2n) is 5.59. The average Bonchev–Trinajstić information content (AvgIpc) is 2.43. The summed E-state index contributed by atoms with van der Waals surface area (Å²) in [6, 6.07) is 0. The van der Waals surface area contributed by atoms with E-state index in [-0.39, 0.29) is 0 Å². The second kappa shape index (κ2) is 7.68. The summed E-state index contributed by atoms with van der Waals surface area (Å²) in [4.78, 5) is 12.3. The van der Waals surface area contributed by atoms with E-state index in [1.165, 1.54) is 32.1 Å². The van der Waals surface area contributed by atoms with E-state index in [1.807, 2.05) is 0 Å². The summed E-state index contributed by atoms with van der Waals surface area (Å²) in [6.45, 7) is 6.60. The fourth-order valence-corrected chi connectivity index (χ4v) is 2.78. The van der Waals surface area contributed by atoms with Crippen molar-refractivity contribution in [1.29, 1.82) is 0 Å². The van der Waals surface area contributed by atoms with Crippen LogP contribution >= 0.6 is 0 Å². The van der Waals surface area contributed by atoms with Crippen molar-refractivity contribution in [2.45, 2.75) is 65.7 Å². The molecule has 0 spiro atoms. The van der Waals surface area contributed by atoms with Crippen molar-refractivity contribution < 1.29 is 4.79 Å². The molecule has 98 valence electrons. The molecule has 17 heavy (non-hydrogen) atoms. The summed E-state index contributed by atoms with van der Waals surface area (Å²) >= 11 is 0. The van der Waals surface area contributed by atoms with Crippen molar-refractivity contribution in [3.63, 3.8) is 0 Å². The molecule has 3 atom stereocenters. The molecule has 0 bridgehead atoms. The molecule has 0 N–H and O–H groups in total. The summed E-state index contributed by atoms with van der Waals surface area (Å²) in [5, 5.41) is 0. The van der Waals surface area contributed by atoms with Crippen LogP contribution in [0.25, 0.3) is 0 Å². The predicted octanol–water partition coefficient (Wildman–Crippen LogP) is 4.76. The van der Waals surface area contributed by atoms with Crippen molar-refractivity contribution in [2.24, 2.45) is 17.8 Å². The third kappa shape index (κ3) is 4.65. The number of carbonyl (C=O) groups is 1. The van der Waals surface area contributed by atoms with Gasteiger partial charge < -0.3 is 0 Å². The molecule has 0 aromatic carbocycles. The van der Waals surface area contributed by atoms with Crippen molar-refractivity contribution in [1.82, 2.24) is 0 Å². The highest BCUT2D eigenvalue weighted by Crippen LogP contribution is 2.31. The molecule has 0 saturated carbocycles. The van der Waals surface area contributed by atoms with Gasteiger partial charge in [-0.05, 0) is 24.7 Å². The first-order valence-electron chi connectivity index (χ1n) is 7.40. The molecule has 0 fully saturated rings. The molecule has 1 aliphatic rings. The number of ketones is 1. The Morgan fingerprint density at radius 3 is 2.41 bits per heavy atom. The number of carbonyl (C=O) groups excluding carboxylic acids is 1. The van der Waals surface area contributed by atoms with Crippen molar-refractivity contribution in [2.75, 3.05) is 0 Å². The SMILES string of the molecule is CCCCC1C=CC(C)CC(=O)C1CCCC. The molecule has 0 saturated heterocycles. The topological polar surface area (TPSA) is 17.1 Å². The highest BCUT2D eigenvalue weighted by molar-refractivity contribution is 5.82. The summed E-state index contributed by atoms with van der Waals surface area (Å²) in [5.74, 6) is 1.77. The first-order valence-corrected chi connectivity index (χ1v) is 7.40. The Morgan fingerprint density at radius 1 is 1.12 bits per heavy atom. The Kier molecular flexibility index (Phi) is 6.54. The lowest BCUT2D eigenvalue weighted by molar-refractivity contribution is -0.124. The molecule has 0 aromatic heterocycles. The molecule has 1 heteroatoms. The first kappa shape index (κ1) is 14.5. The minimum Gasteiger partial charge on any atom is -0.299 e. The quantitative estimate of drug-likeness (QED) is 0.607. The molecular weight excluding hydrogens is 208 g/mol. The Balaban J connectivity index is 2.68. The van der Waals surface area contributed by atoms with Gasteiger partial charge in [0.2, 0.25) is 0 Å². The highest BCUT2D eigenvalue weighted by atomic mass is 16.1. The van der Waals surface area contributed by atoms with Gasteiger partial charge in [-0.2, -0.15) is 0 Å². The Hall–Kier alpha value is -0.590. The molecule has 1 aliphatic carbocycles. The van der Waals surface area contributed by atoms with Gasteiger partial charge in [-0.3, -0.25) is 4.79 Å². The number of Topliss-reactive ketones (excluding diaryl/α,β-unsaturated/α-hetero) is 1. The fraction of sp³-hybridized carbons (Fsp3) is 0.812. The summed E-state index contributed by atoms with van der Waals surface area (Å²) in [6.07, 6.45) is 12.5. The minimum atomic E-state index is 0.308. The van der Waals surface area contributed by atoms with Crippen LogP contribution < -0.4 is 0 Å². The average molecular weight is 236 g/mol. The van der Waals surface area contributed by atoms with Crippen LogP contribution in [-0.2, 0) is 4.79 Å². The largest absolute Gasteiger partial charge is 0.299 e. The van der Waals surface area contributed by atoms with Crippen LogP contribution in [0.2, 0.25) is 0 Å². The maximum absolute atomic E-state index is 12.3. The molecule has 0 aromatic rings. The maximum atomic E-state index is 12.3. The number of hydrogen-bond acceptors (Lipinski definition) is 1. The zero-order valence-corrected chi connectivity index (χ0v) is 11.7. The zero-order valence-electron chi connectivity index (χ0n) is 11.7. The lowest BCUT2D eigenvalue weighted by atomic mass is 9.81. The molecule has 1 rings (SSSR count). The van der Waals surface area contributed by atoms with Gasteiger partial charge in [0.1, 0.15) is 5.78 Å². The van der Waals surface area contributed by atoms with Crippen LogP contribution in [0.5, 0.6) is 0 Å². The van der Waals surface area contributed by atoms with E-state index >= 15 is 0 Å². The van der Waals surface area contributed by atoms with Crippen LogP contribution in [0.15, 0.2) is 12.2 Å². The highest BCUT2D eigenvalue weighted by Gasteiger charge is 2.28. The third-order valence-electron chi connectivity index (χ3n) is 3.90. The molecule has 1 nitrogen and oxygen atoms in total. The van der Waals surface area contributed by atoms with Gasteiger partial charge in [0.25, 0.3) is 0 Å². The smallest absolute Gasteiger partial charge is 0.137 e. The normalized spacial score (nSPS) is 29.4. The standard InChI is InChI=1S/C16H28O/c1-4-6-8-14-11-10-13(3)12-16(17)15(14)9-7-5-2/h10-11,13-15H,4-9,12H2,1-3H3. The Morgan fingerprint density at radius 2 is 1.76 bits per heavy atom. The van der Waals surface area contributed by atoms with Crippen LogP contribution in [0.1, 0.15) is 65.7 Å². The molecule has 0 heterocycles. The van der Waals surface area contributed by atoms with E-state index in [2.05, 4.69) is 32.9 Å². The van der Waals surface area contributed by atoms with Crippen molar-refractivity contribution in [3.05, 3.63) is 12.2 Å². The number of unbranched alkanes of at least 4 members (excludes halogenated alkanes) is 2. The molecule has 0 aliphatic heterocycles. The van der Waals surface area contributed by atoms with Gasteiger partial charge in [0.15, 0.2) is 0 Å². The molecule has 3 unspecified atom stereocenters. The van der Waals surface area contributed by atoms with Gasteiger partial charge in [-0.15, -0.1) is 0 Å². The second-order valence-corrected chi connectivity index (χ2v) is 5.59. The van der Waals surface area contributed by atoms with Gasteiger partial charge in [-0.25, -0.2) is 0 Å². The summed E-state index contributed by atoms with van der Waals surface area (Å²) < 4.78 is 0. The maximum Gasteiger partial charge on any atom is 0.137 e. The predicted molar refractivity (Wildman–Crippen MR) is 74.0 cm³/mol. The van der Waals surface area contributed by atoms with Gasteiger partial charge >= 0.3 is 0 Å². The molecule has 0 radical (unpaired) electrons. The van der Waals surface area contributed by atoms with E-state index in [0.717, 1.165) is 12.8 Å². The lowest BCUT2D eigenvalue weighted by Gasteiger charge is -2.22. The third-order valence-corrected chi connectivity index (χ3v) is 3.90. The van der Waals surface area contributed by atoms with E-state index in [1.54, 1.807) is 0 Å². The molecular formula is C16H28O. The van der Waals surface area contributed by atoms with Crippen LogP contribution in [0.3, 0.4) is 0 Å². The van der Waals surface area contributed by atoms with E-state index in [9.17, 15) is 4.79 Å². The number of rotatable bonds is 6. The first-order chi connectivity index (χ1) is 8.19. The fourth-order valence-electron chi connectivity index (χ4n) is 2.78. The minimum absolute atomic E-state index is 0.308. The number of hydrogen-bond donors (Lipinski definition) is 0. The van der Waals surface area contributed by atoms with E-state index in [0.29, 0.717) is 23.5 Å².